The molecule has 2 fully saturated rings. The van der Waals surface area contributed by atoms with E-state index < -0.39 is 0 Å². The van der Waals surface area contributed by atoms with Gasteiger partial charge in [-0.15, -0.1) is 0 Å². The van der Waals surface area contributed by atoms with Gasteiger partial charge in [0.15, 0.2) is 5.60 Å². The minimum absolute atomic E-state index is 0.179. The molecule has 30 heavy (non-hydrogen) atoms. The van der Waals surface area contributed by atoms with E-state index in [-0.39, 0.29) is 17.8 Å². The Bertz CT molecular complexity index is 957. The maximum absolute atomic E-state index is 6.30. The lowest BCUT2D eigenvalue weighted by Gasteiger charge is -2.40. The molecule has 4 heterocycles. The minimum Gasteiger partial charge on any atom is -0.482 e. The molecular formula is C23H28N4O3. The first kappa shape index (κ1) is 19.5. The molecule has 0 aliphatic carbocycles. The number of rotatable bonds is 5. The summed E-state index contributed by atoms with van der Waals surface area (Å²) in [5, 5.41) is 0. The number of anilines is 1. The molecule has 7 nitrogen and oxygen atoms in total. The first-order valence-electron chi connectivity index (χ1n) is 10.7. The molecule has 0 unspecified atom stereocenters. The van der Waals surface area contributed by atoms with Crippen molar-refractivity contribution in [3.8, 4) is 5.75 Å². The topological polar surface area (TPSA) is 69.1 Å². The van der Waals surface area contributed by atoms with E-state index in [1.165, 1.54) is 5.56 Å². The van der Waals surface area contributed by atoms with E-state index in [4.69, 9.17) is 19.2 Å². The second kappa shape index (κ2) is 7.63. The molecule has 0 N–H and O–H groups in total. The van der Waals surface area contributed by atoms with Gasteiger partial charge in [0.25, 0.3) is 0 Å². The molecule has 0 radical (unpaired) electrons. The monoisotopic (exact) mass is 408 g/mol. The van der Waals surface area contributed by atoms with E-state index in [9.17, 15) is 0 Å². The number of nitrogens with zero attached hydrogens (tertiary/aromatic N) is 4. The van der Waals surface area contributed by atoms with Gasteiger partial charge in [0, 0.05) is 24.7 Å². The van der Waals surface area contributed by atoms with E-state index in [1.807, 2.05) is 12.1 Å². The first-order valence-corrected chi connectivity index (χ1v) is 10.7. The molecule has 0 bridgehead atoms. The van der Waals surface area contributed by atoms with E-state index in [0.717, 1.165) is 48.0 Å². The fraction of sp³-hybridized carbons (Fsp3) is 0.522. The Hall–Kier alpha value is -2.51. The predicted molar refractivity (Wildman–Crippen MR) is 115 cm³/mol. The van der Waals surface area contributed by atoms with Crippen LogP contribution in [-0.2, 0) is 16.0 Å². The van der Waals surface area contributed by atoms with Crippen molar-refractivity contribution in [1.29, 1.82) is 0 Å². The summed E-state index contributed by atoms with van der Waals surface area (Å²) in [6, 6.07) is 8.28. The van der Waals surface area contributed by atoms with Crippen molar-refractivity contribution in [2.24, 2.45) is 4.99 Å². The molecule has 1 aromatic carbocycles. The third-order valence-corrected chi connectivity index (χ3v) is 6.09. The lowest BCUT2D eigenvalue weighted by Crippen LogP contribution is -2.53. The second-order valence-corrected chi connectivity index (χ2v) is 8.54. The molecule has 0 amide bonds. The minimum atomic E-state index is -0.198. The van der Waals surface area contributed by atoms with Gasteiger partial charge in [-0.1, -0.05) is 13.0 Å². The molecule has 0 saturated carbocycles. The SMILES string of the molecule is CCC1(Oc2ccc3c(c2)C(c2cc(N4C[C@@H](C)O[C@@H](C)C4)ncn2)=NC3)COC1. The quantitative estimate of drug-likeness (QED) is 0.758. The Morgan fingerprint density at radius 3 is 2.63 bits per heavy atom. The van der Waals surface area contributed by atoms with Crippen LogP contribution in [0.15, 0.2) is 35.6 Å². The summed E-state index contributed by atoms with van der Waals surface area (Å²) < 4.78 is 17.6. The van der Waals surface area contributed by atoms with Crippen LogP contribution in [0.25, 0.3) is 0 Å². The van der Waals surface area contributed by atoms with Crippen LogP contribution < -0.4 is 9.64 Å². The van der Waals surface area contributed by atoms with Gasteiger partial charge in [-0.05, 0) is 38.0 Å². The van der Waals surface area contributed by atoms with Crippen LogP contribution in [0, 0.1) is 0 Å². The van der Waals surface area contributed by atoms with Crippen LogP contribution in [0.5, 0.6) is 5.75 Å². The average Bonchev–Trinajstić information content (AvgIpc) is 3.13. The number of aromatic nitrogens is 2. The zero-order valence-corrected chi connectivity index (χ0v) is 17.8. The molecule has 1 aromatic heterocycles. The molecule has 3 aliphatic rings. The summed E-state index contributed by atoms with van der Waals surface area (Å²) in [5.74, 6) is 1.78. The van der Waals surface area contributed by atoms with Crippen LogP contribution in [0.1, 0.15) is 44.0 Å². The normalized spacial score (nSPS) is 24.8. The molecule has 2 atom stereocenters. The number of benzene rings is 1. The van der Waals surface area contributed by atoms with E-state index in [0.29, 0.717) is 19.8 Å². The lowest BCUT2D eigenvalue weighted by molar-refractivity contribution is -0.162. The maximum atomic E-state index is 6.30. The maximum Gasteiger partial charge on any atom is 0.155 e. The zero-order valence-electron chi connectivity index (χ0n) is 17.8. The molecule has 158 valence electrons. The molecule has 0 spiro atoms. The van der Waals surface area contributed by atoms with Crippen molar-refractivity contribution in [1.82, 2.24) is 9.97 Å². The van der Waals surface area contributed by atoms with Gasteiger partial charge in [0.05, 0.1) is 43.4 Å². The largest absolute Gasteiger partial charge is 0.482 e. The van der Waals surface area contributed by atoms with Gasteiger partial charge in [0.1, 0.15) is 17.9 Å². The standard InChI is InChI=1S/C23H28N4O3/c1-4-23(12-28-13-23)30-18-6-5-17-9-24-22(19(17)7-18)20-8-21(26-14-25-20)27-10-15(2)29-16(3)11-27/h5-8,14-16H,4,9-13H2,1-3H3/t15-,16+. The number of ether oxygens (including phenoxy) is 3. The highest BCUT2D eigenvalue weighted by Crippen LogP contribution is 2.32. The number of hydrogen-bond acceptors (Lipinski definition) is 7. The van der Waals surface area contributed by atoms with Gasteiger partial charge in [-0.25, -0.2) is 9.97 Å². The molecule has 5 rings (SSSR count). The third kappa shape index (κ3) is 3.56. The average molecular weight is 409 g/mol. The summed E-state index contributed by atoms with van der Waals surface area (Å²) in [6.07, 6.45) is 2.92. The van der Waals surface area contributed by atoms with Crippen molar-refractivity contribution in [2.45, 2.75) is 51.5 Å². The molecule has 3 aliphatic heterocycles. The summed E-state index contributed by atoms with van der Waals surface area (Å²) >= 11 is 0. The molecule has 2 aromatic rings. The number of fused-ring (bicyclic) bond motifs is 1. The Balaban J connectivity index is 1.41. The Morgan fingerprint density at radius 1 is 1.13 bits per heavy atom. The third-order valence-electron chi connectivity index (χ3n) is 6.09. The van der Waals surface area contributed by atoms with Gasteiger partial charge < -0.3 is 19.1 Å². The number of aliphatic imine (C=N–C) groups is 1. The summed E-state index contributed by atoms with van der Waals surface area (Å²) in [7, 11) is 0. The highest BCUT2D eigenvalue weighted by atomic mass is 16.6. The fourth-order valence-electron chi connectivity index (χ4n) is 4.38. The fourth-order valence-corrected chi connectivity index (χ4v) is 4.38. The predicted octanol–water partition coefficient (Wildman–Crippen LogP) is 3.00. The zero-order chi connectivity index (χ0) is 20.7. The van der Waals surface area contributed by atoms with Crippen molar-refractivity contribution in [2.75, 3.05) is 31.2 Å². The number of hydrogen-bond donors (Lipinski definition) is 0. The van der Waals surface area contributed by atoms with Crippen LogP contribution >= 0.6 is 0 Å². The summed E-state index contributed by atoms with van der Waals surface area (Å²) in [4.78, 5) is 16.1. The number of morpholine rings is 1. The van der Waals surface area contributed by atoms with Crippen LogP contribution in [-0.4, -0.2) is 59.8 Å². The van der Waals surface area contributed by atoms with E-state index >= 15 is 0 Å². The van der Waals surface area contributed by atoms with Gasteiger partial charge >= 0.3 is 0 Å². The lowest BCUT2D eigenvalue weighted by atomic mass is 9.98. The second-order valence-electron chi connectivity index (χ2n) is 8.54. The smallest absolute Gasteiger partial charge is 0.155 e. The molecular weight excluding hydrogens is 380 g/mol. The van der Waals surface area contributed by atoms with Crippen molar-refractivity contribution < 1.29 is 14.2 Å². The Kier molecular flexibility index (Phi) is 4.95. The van der Waals surface area contributed by atoms with E-state index in [1.54, 1.807) is 6.33 Å². The van der Waals surface area contributed by atoms with Crippen molar-refractivity contribution in [3.63, 3.8) is 0 Å². The van der Waals surface area contributed by atoms with Crippen molar-refractivity contribution in [3.05, 3.63) is 47.4 Å². The summed E-state index contributed by atoms with van der Waals surface area (Å²) in [6.45, 7) is 9.93. The molecule has 2 saturated heterocycles. The van der Waals surface area contributed by atoms with Crippen LogP contribution in [0.4, 0.5) is 5.82 Å². The van der Waals surface area contributed by atoms with Gasteiger partial charge in [-0.3, -0.25) is 4.99 Å². The Labute approximate surface area is 177 Å². The van der Waals surface area contributed by atoms with Gasteiger partial charge in [0.2, 0.25) is 0 Å². The summed E-state index contributed by atoms with van der Waals surface area (Å²) in [5.41, 5.74) is 3.84. The highest BCUT2D eigenvalue weighted by molar-refractivity contribution is 6.14. The Morgan fingerprint density at radius 2 is 1.93 bits per heavy atom. The highest BCUT2D eigenvalue weighted by Gasteiger charge is 2.39. The van der Waals surface area contributed by atoms with Gasteiger partial charge in [-0.2, -0.15) is 0 Å². The van der Waals surface area contributed by atoms with Crippen molar-refractivity contribution >= 4 is 11.5 Å². The van der Waals surface area contributed by atoms with Crippen LogP contribution in [0.2, 0.25) is 0 Å². The molecule has 7 heteroatoms. The van der Waals surface area contributed by atoms with Crippen LogP contribution in [0.3, 0.4) is 0 Å². The van der Waals surface area contributed by atoms with E-state index in [2.05, 4.69) is 47.8 Å². The first-order chi connectivity index (χ1) is 14.5.